The number of anilines is 2. The number of benzene rings is 1. The van der Waals surface area contributed by atoms with Crippen molar-refractivity contribution in [3.05, 3.63) is 47.0 Å². The van der Waals surface area contributed by atoms with E-state index in [1.165, 1.54) is 17.8 Å². The largest absolute Gasteiger partial charge is 0.493 e. The van der Waals surface area contributed by atoms with E-state index in [1.54, 1.807) is 13.8 Å². The number of nitrogens with one attached hydrogen (secondary N) is 1. The highest BCUT2D eigenvalue weighted by Crippen LogP contribution is 2.40. The fourth-order valence-electron chi connectivity index (χ4n) is 3.57. The van der Waals surface area contributed by atoms with Crippen LogP contribution in [0.4, 0.5) is 28.5 Å². The van der Waals surface area contributed by atoms with Crippen molar-refractivity contribution in [2.75, 3.05) is 37.0 Å². The van der Waals surface area contributed by atoms with Crippen molar-refractivity contribution in [1.29, 1.82) is 0 Å². The summed E-state index contributed by atoms with van der Waals surface area (Å²) < 4.78 is 63.9. The highest BCUT2D eigenvalue weighted by molar-refractivity contribution is 7.14. The Balaban J connectivity index is 1.69. The molecule has 2 heterocycles. The van der Waals surface area contributed by atoms with Crippen LogP contribution in [-0.2, 0) is 15.7 Å². The molecule has 3 aromatic rings. The first-order valence-electron chi connectivity index (χ1n) is 11.9. The lowest BCUT2D eigenvalue weighted by molar-refractivity contribution is -0.147. The molecule has 0 aliphatic rings. The van der Waals surface area contributed by atoms with Gasteiger partial charge in [0.05, 0.1) is 37.7 Å². The number of hydrogen-bond donors (Lipinski definition) is 1. The lowest BCUT2D eigenvalue weighted by Gasteiger charge is -2.23. The van der Waals surface area contributed by atoms with Gasteiger partial charge in [-0.3, -0.25) is 14.9 Å². The van der Waals surface area contributed by atoms with E-state index in [-0.39, 0.29) is 34.0 Å². The van der Waals surface area contributed by atoms with Crippen LogP contribution in [0.5, 0.6) is 5.75 Å². The molecule has 3 rings (SSSR count). The van der Waals surface area contributed by atoms with Gasteiger partial charge in [0.15, 0.2) is 16.7 Å². The van der Waals surface area contributed by atoms with Crippen LogP contribution in [0.3, 0.4) is 0 Å². The van der Waals surface area contributed by atoms with E-state index in [0.29, 0.717) is 31.9 Å². The van der Waals surface area contributed by atoms with Gasteiger partial charge in [-0.25, -0.2) is 19.3 Å². The predicted molar refractivity (Wildman–Crippen MR) is 137 cm³/mol. The second kappa shape index (κ2) is 12.8. The Labute approximate surface area is 226 Å². The Morgan fingerprint density at radius 3 is 2.51 bits per heavy atom. The van der Waals surface area contributed by atoms with E-state index in [2.05, 4.69) is 25.0 Å². The van der Waals surface area contributed by atoms with Gasteiger partial charge in [0.1, 0.15) is 17.1 Å². The van der Waals surface area contributed by atoms with Gasteiger partial charge in [-0.1, -0.05) is 6.92 Å². The van der Waals surface area contributed by atoms with Crippen molar-refractivity contribution in [3.63, 3.8) is 0 Å². The fraction of sp³-hybridized carbons (Fsp3) is 0.400. The van der Waals surface area contributed by atoms with Crippen molar-refractivity contribution in [1.82, 2.24) is 15.0 Å². The summed E-state index contributed by atoms with van der Waals surface area (Å²) in [6, 6.07) is 1.62. The maximum absolute atomic E-state index is 14.3. The molecule has 0 spiro atoms. The van der Waals surface area contributed by atoms with E-state index in [1.807, 2.05) is 11.8 Å². The number of hydrogen-bond acceptors (Lipinski definition) is 9. The number of nitrogens with zero attached hydrogens (tertiary/aromatic N) is 4. The van der Waals surface area contributed by atoms with Crippen LogP contribution in [0.2, 0.25) is 0 Å². The fourth-order valence-corrected chi connectivity index (χ4v) is 4.29. The molecule has 0 radical (unpaired) electrons. The number of rotatable bonds is 11. The molecule has 0 bridgehead atoms. The second-order valence-corrected chi connectivity index (χ2v) is 9.17. The molecule has 2 aromatic heterocycles. The molecule has 0 fully saturated rings. The molecule has 9 nitrogen and oxygen atoms in total. The summed E-state index contributed by atoms with van der Waals surface area (Å²) in [4.78, 5) is 38.9. The Bertz CT molecular complexity index is 1300. The van der Waals surface area contributed by atoms with E-state index in [4.69, 9.17) is 4.74 Å². The molecule has 39 heavy (non-hydrogen) atoms. The minimum atomic E-state index is -4.84. The van der Waals surface area contributed by atoms with Crippen molar-refractivity contribution >= 4 is 34.2 Å². The molecule has 0 saturated carbocycles. The van der Waals surface area contributed by atoms with Crippen molar-refractivity contribution in [3.8, 4) is 17.0 Å². The van der Waals surface area contributed by atoms with Crippen LogP contribution in [0.25, 0.3) is 11.3 Å². The molecule has 0 saturated heterocycles. The summed E-state index contributed by atoms with van der Waals surface area (Å²) in [5.41, 5.74) is -1.37. The van der Waals surface area contributed by atoms with Crippen LogP contribution in [0.15, 0.2) is 29.9 Å². The number of ether oxygens (including phenoxy) is 2. The number of esters is 1. The third-order valence-electron chi connectivity index (χ3n) is 5.67. The predicted octanol–water partition coefficient (Wildman–Crippen LogP) is 5.43. The minimum Gasteiger partial charge on any atom is -0.493 e. The maximum atomic E-state index is 14.3. The third kappa shape index (κ3) is 7.40. The first-order chi connectivity index (χ1) is 18.5. The average molecular weight is 570 g/mol. The normalized spacial score (nSPS) is 12.1. The highest BCUT2D eigenvalue weighted by Gasteiger charge is 2.36. The van der Waals surface area contributed by atoms with Gasteiger partial charge in [-0.2, -0.15) is 13.2 Å². The molecule has 1 aromatic carbocycles. The summed E-state index contributed by atoms with van der Waals surface area (Å²) in [6.45, 7) is 6.90. The van der Waals surface area contributed by atoms with E-state index >= 15 is 0 Å². The van der Waals surface area contributed by atoms with Gasteiger partial charge in [0.2, 0.25) is 0 Å². The number of thiazole rings is 1. The van der Waals surface area contributed by atoms with Gasteiger partial charge < -0.3 is 14.4 Å². The summed E-state index contributed by atoms with van der Waals surface area (Å²) >= 11 is 0.951. The summed E-state index contributed by atoms with van der Waals surface area (Å²) in [6.07, 6.45) is -1.58. The Hall–Kier alpha value is -3.81. The zero-order valence-electron chi connectivity index (χ0n) is 21.6. The van der Waals surface area contributed by atoms with Crippen LogP contribution >= 0.6 is 11.3 Å². The number of halogens is 4. The SMILES string of the molecule is CCOC(=O)C(C)CCN(CC)c1cnc(C(=O)Nc2nc(-c3cc(F)c(OC)c(C(F)(F)F)c3)cs2)cn1. The number of amides is 1. The van der Waals surface area contributed by atoms with Gasteiger partial charge in [-0.05, 0) is 32.4 Å². The lowest BCUT2D eigenvalue weighted by atomic mass is 10.1. The van der Waals surface area contributed by atoms with Crippen molar-refractivity contribution < 1.29 is 36.6 Å². The lowest BCUT2D eigenvalue weighted by Crippen LogP contribution is -2.28. The molecule has 14 heteroatoms. The Morgan fingerprint density at radius 1 is 1.18 bits per heavy atom. The van der Waals surface area contributed by atoms with Crippen LogP contribution in [0.1, 0.15) is 43.2 Å². The number of methoxy groups -OCH3 is 1. The van der Waals surface area contributed by atoms with Crippen LogP contribution in [0, 0.1) is 11.7 Å². The zero-order valence-corrected chi connectivity index (χ0v) is 22.5. The van der Waals surface area contributed by atoms with E-state index < -0.39 is 29.2 Å². The second-order valence-electron chi connectivity index (χ2n) is 8.31. The Morgan fingerprint density at radius 2 is 1.92 bits per heavy atom. The molecule has 1 N–H and O–H groups in total. The van der Waals surface area contributed by atoms with Gasteiger partial charge >= 0.3 is 12.1 Å². The minimum absolute atomic E-state index is 0.0127. The molecule has 1 atom stereocenters. The smallest absolute Gasteiger partial charge is 0.420 e. The zero-order chi connectivity index (χ0) is 28.7. The van der Waals surface area contributed by atoms with Gasteiger partial charge in [0, 0.05) is 24.0 Å². The molecular weight excluding hydrogens is 542 g/mol. The van der Waals surface area contributed by atoms with E-state index in [0.717, 1.165) is 30.6 Å². The topological polar surface area (TPSA) is 107 Å². The van der Waals surface area contributed by atoms with Crippen LogP contribution < -0.4 is 15.0 Å². The van der Waals surface area contributed by atoms with Gasteiger partial charge in [0.25, 0.3) is 5.91 Å². The number of aromatic nitrogens is 3. The van der Waals surface area contributed by atoms with Crippen molar-refractivity contribution in [2.24, 2.45) is 5.92 Å². The standard InChI is InChI=1S/C25H27F4N5O4S/c1-5-34(8-7-14(3)23(36)38-6-2)20-12-30-18(11-31-20)22(35)33-24-32-19(13-39-24)15-9-16(25(27,28)29)21(37-4)17(26)10-15/h9-14H,5-8H2,1-4H3,(H,32,33,35). The van der Waals surface area contributed by atoms with Crippen LogP contribution in [-0.4, -0.2) is 53.6 Å². The first kappa shape index (κ1) is 29.7. The monoisotopic (exact) mass is 569 g/mol. The molecule has 0 aliphatic carbocycles. The molecular formula is C25H27F4N5O4S. The average Bonchev–Trinajstić information content (AvgIpc) is 3.36. The summed E-state index contributed by atoms with van der Waals surface area (Å²) in [5, 5.41) is 3.99. The highest BCUT2D eigenvalue weighted by atomic mass is 32.1. The van der Waals surface area contributed by atoms with Gasteiger partial charge in [-0.15, -0.1) is 11.3 Å². The molecule has 1 amide bonds. The Kier molecular flexibility index (Phi) is 9.78. The quantitative estimate of drug-likeness (QED) is 0.241. The maximum Gasteiger partial charge on any atom is 0.420 e. The summed E-state index contributed by atoms with van der Waals surface area (Å²) in [5.74, 6) is -2.76. The number of carbonyl (C=O) groups excluding carboxylic acids is 2. The first-order valence-corrected chi connectivity index (χ1v) is 12.8. The molecule has 1 unspecified atom stereocenters. The number of carbonyl (C=O) groups is 2. The third-order valence-corrected chi connectivity index (χ3v) is 6.43. The van der Waals surface area contributed by atoms with E-state index in [9.17, 15) is 27.2 Å². The molecule has 210 valence electrons. The summed E-state index contributed by atoms with van der Waals surface area (Å²) in [7, 11) is 0.950. The van der Waals surface area contributed by atoms with Crippen molar-refractivity contribution in [2.45, 2.75) is 33.4 Å². The molecule has 0 aliphatic heterocycles. The number of alkyl halides is 3.